The van der Waals surface area contributed by atoms with Gasteiger partial charge in [-0.05, 0) is 30.7 Å². The lowest BCUT2D eigenvalue weighted by Crippen LogP contribution is -2.46. The molecule has 18 heavy (non-hydrogen) atoms. The number of morpholine rings is 1. The molecule has 0 aliphatic carbocycles. The molecular formula is C14H18N2O2. The average molecular weight is 246 g/mol. The first-order chi connectivity index (χ1) is 8.66. The Morgan fingerprint density at radius 1 is 1.56 bits per heavy atom. The Hall–Kier alpha value is -1.81. The first kappa shape index (κ1) is 12.6. The van der Waals surface area contributed by atoms with Gasteiger partial charge >= 0.3 is 0 Å². The van der Waals surface area contributed by atoms with Crippen molar-refractivity contribution in [2.75, 3.05) is 25.5 Å². The second kappa shape index (κ2) is 5.69. The summed E-state index contributed by atoms with van der Waals surface area (Å²) in [5, 5.41) is 0. The van der Waals surface area contributed by atoms with Gasteiger partial charge in [0.2, 0.25) is 5.91 Å². The second-order valence-electron chi connectivity index (χ2n) is 4.46. The van der Waals surface area contributed by atoms with Gasteiger partial charge in [0.25, 0.3) is 0 Å². The molecule has 0 bridgehead atoms. The molecule has 1 saturated heterocycles. The molecule has 0 aromatic heterocycles. The van der Waals surface area contributed by atoms with Crippen LogP contribution in [0.5, 0.6) is 0 Å². The van der Waals surface area contributed by atoms with Crippen LogP contribution in [0.15, 0.2) is 30.3 Å². The number of anilines is 1. The highest BCUT2D eigenvalue weighted by atomic mass is 16.5. The fourth-order valence-corrected chi connectivity index (χ4v) is 1.98. The highest BCUT2D eigenvalue weighted by molar-refractivity contribution is 5.92. The summed E-state index contributed by atoms with van der Waals surface area (Å²) in [5.41, 5.74) is 7.32. The van der Waals surface area contributed by atoms with Crippen molar-refractivity contribution in [3.8, 4) is 0 Å². The SMILES string of the molecule is CC1COCCN1C(=O)/C=C/c1cccc(N)c1. The summed E-state index contributed by atoms with van der Waals surface area (Å²) in [6.07, 6.45) is 3.39. The van der Waals surface area contributed by atoms with Gasteiger partial charge in [-0.25, -0.2) is 0 Å². The number of hydrogen-bond donors (Lipinski definition) is 1. The van der Waals surface area contributed by atoms with Gasteiger partial charge in [0, 0.05) is 18.3 Å². The Morgan fingerprint density at radius 3 is 3.11 bits per heavy atom. The summed E-state index contributed by atoms with van der Waals surface area (Å²) in [6, 6.07) is 7.59. The molecule has 0 saturated carbocycles. The second-order valence-corrected chi connectivity index (χ2v) is 4.46. The maximum atomic E-state index is 12.0. The summed E-state index contributed by atoms with van der Waals surface area (Å²) in [5.74, 6) is 0.0215. The normalized spacial score (nSPS) is 20.3. The molecule has 96 valence electrons. The Morgan fingerprint density at radius 2 is 2.39 bits per heavy atom. The molecule has 0 radical (unpaired) electrons. The van der Waals surface area contributed by atoms with E-state index in [0.717, 1.165) is 5.56 Å². The van der Waals surface area contributed by atoms with E-state index >= 15 is 0 Å². The first-order valence-corrected chi connectivity index (χ1v) is 6.09. The largest absolute Gasteiger partial charge is 0.399 e. The van der Waals surface area contributed by atoms with Gasteiger partial charge in [-0.2, -0.15) is 0 Å². The summed E-state index contributed by atoms with van der Waals surface area (Å²) < 4.78 is 5.31. The van der Waals surface area contributed by atoms with Crippen molar-refractivity contribution in [1.29, 1.82) is 0 Å². The van der Waals surface area contributed by atoms with Crippen molar-refractivity contribution >= 4 is 17.7 Å². The number of rotatable bonds is 2. The molecule has 1 fully saturated rings. The molecule has 1 aliphatic rings. The highest BCUT2D eigenvalue weighted by Crippen LogP contribution is 2.10. The van der Waals surface area contributed by atoms with Crippen LogP contribution in [-0.2, 0) is 9.53 Å². The van der Waals surface area contributed by atoms with Gasteiger partial charge in [0.15, 0.2) is 0 Å². The van der Waals surface area contributed by atoms with Gasteiger partial charge < -0.3 is 15.4 Å². The molecule has 1 aromatic carbocycles. The average Bonchev–Trinajstić information content (AvgIpc) is 2.37. The van der Waals surface area contributed by atoms with Gasteiger partial charge in [-0.15, -0.1) is 0 Å². The molecule has 0 spiro atoms. The summed E-state index contributed by atoms with van der Waals surface area (Å²) >= 11 is 0. The van der Waals surface area contributed by atoms with E-state index in [9.17, 15) is 4.79 Å². The molecule has 2 rings (SSSR count). The molecule has 1 aliphatic heterocycles. The van der Waals surface area contributed by atoms with Crippen LogP contribution in [0, 0.1) is 0 Å². The van der Waals surface area contributed by atoms with E-state index < -0.39 is 0 Å². The number of nitrogens with two attached hydrogens (primary N) is 1. The van der Waals surface area contributed by atoms with Crippen molar-refractivity contribution in [1.82, 2.24) is 4.90 Å². The zero-order valence-corrected chi connectivity index (χ0v) is 10.5. The van der Waals surface area contributed by atoms with Crippen molar-refractivity contribution in [2.45, 2.75) is 13.0 Å². The Kier molecular flexibility index (Phi) is 3.99. The van der Waals surface area contributed by atoms with E-state index in [2.05, 4.69) is 0 Å². The van der Waals surface area contributed by atoms with Gasteiger partial charge in [-0.3, -0.25) is 4.79 Å². The van der Waals surface area contributed by atoms with Crippen molar-refractivity contribution in [3.63, 3.8) is 0 Å². The van der Waals surface area contributed by atoms with Crippen LogP contribution < -0.4 is 5.73 Å². The molecule has 1 unspecified atom stereocenters. The summed E-state index contributed by atoms with van der Waals surface area (Å²) in [7, 11) is 0. The predicted molar refractivity (Wildman–Crippen MR) is 71.9 cm³/mol. The summed E-state index contributed by atoms with van der Waals surface area (Å²) in [4.78, 5) is 13.8. The Bertz CT molecular complexity index is 457. The number of ether oxygens (including phenoxy) is 1. The molecular weight excluding hydrogens is 228 g/mol. The van der Waals surface area contributed by atoms with E-state index in [0.29, 0.717) is 25.4 Å². The zero-order chi connectivity index (χ0) is 13.0. The molecule has 1 amide bonds. The van der Waals surface area contributed by atoms with E-state index in [1.165, 1.54) is 0 Å². The Balaban J connectivity index is 2.02. The Labute approximate surface area is 107 Å². The standard InChI is InChI=1S/C14H18N2O2/c1-11-10-18-8-7-16(11)14(17)6-5-12-3-2-4-13(15)9-12/h2-6,9,11H,7-8,10,15H2,1H3/b6-5+. The van der Waals surface area contributed by atoms with E-state index in [-0.39, 0.29) is 11.9 Å². The molecule has 1 heterocycles. The monoisotopic (exact) mass is 246 g/mol. The lowest BCUT2D eigenvalue weighted by Gasteiger charge is -2.32. The minimum atomic E-state index is 0.0215. The van der Waals surface area contributed by atoms with Crippen LogP contribution in [0.3, 0.4) is 0 Å². The van der Waals surface area contributed by atoms with Crippen molar-refractivity contribution in [2.24, 2.45) is 0 Å². The summed E-state index contributed by atoms with van der Waals surface area (Å²) in [6.45, 7) is 3.87. The fraction of sp³-hybridized carbons (Fsp3) is 0.357. The number of nitrogen functional groups attached to an aromatic ring is 1. The maximum Gasteiger partial charge on any atom is 0.246 e. The molecule has 4 heteroatoms. The third-order valence-electron chi connectivity index (χ3n) is 2.98. The third kappa shape index (κ3) is 3.11. The lowest BCUT2D eigenvalue weighted by molar-refractivity contribution is -0.133. The van der Waals surface area contributed by atoms with Crippen LogP contribution in [0.25, 0.3) is 6.08 Å². The first-order valence-electron chi connectivity index (χ1n) is 6.09. The van der Waals surface area contributed by atoms with Gasteiger partial charge in [0.05, 0.1) is 19.3 Å². The number of benzene rings is 1. The van der Waals surface area contributed by atoms with E-state index in [1.807, 2.05) is 36.1 Å². The molecule has 1 atom stereocenters. The van der Waals surface area contributed by atoms with Crippen LogP contribution in [-0.4, -0.2) is 36.6 Å². The van der Waals surface area contributed by atoms with E-state index in [4.69, 9.17) is 10.5 Å². The van der Waals surface area contributed by atoms with Crippen LogP contribution in [0.2, 0.25) is 0 Å². The molecule has 2 N–H and O–H groups in total. The minimum Gasteiger partial charge on any atom is -0.399 e. The number of nitrogens with zero attached hydrogens (tertiary/aromatic N) is 1. The van der Waals surface area contributed by atoms with Crippen molar-refractivity contribution in [3.05, 3.63) is 35.9 Å². The highest BCUT2D eigenvalue weighted by Gasteiger charge is 2.21. The lowest BCUT2D eigenvalue weighted by atomic mass is 10.2. The predicted octanol–water partition coefficient (Wildman–Crippen LogP) is 1.53. The molecule has 1 aromatic rings. The third-order valence-corrected chi connectivity index (χ3v) is 2.98. The number of hydrogen-bond acceptors (Lipinski definition) is 3. The van der Waals surface area contributed by atoms with Gasteiger partial charge in [-0.1, -0.05) is 12.1 Å². The van der Waals surface area contributed by atoms with Crippen molar-refractivity contribution < 1.29 is 9.53 Å². The molecule has 4 nitrogen and oxygen atoms in total. The van der Waals surface area contributed by atoms with Crippen LogP contribution in [0.1, 0.15) is 12.5 Å². The topological polar surface area (TPSA) is 55.6 Å². The van der Waals surface area contributed by atoms with E-state index in [1.54, 1.807) is 12.2 Å². The number of amides is 1. The van der Waals surface area contributed by atoms with Gasteiger partial charge in [0.1, 0.15) is 0 Å². The fourth-order valence-electron chi connectivity index (χ4n) is 1.98. The number of carbonyl (C=O) groups is 1. The van der Waals surface area contributed by atoms with Crippen LogP contribution in [0.4, 0.5) is 5.69 Å². The minimum absolute atomic E-state index is 0.0215. The zero-order valence-electron chi connectivity index (χ0n) is 10.5. The van der Waals surface area contributed by atoms with Crippen LogP contribution >= 0.6 is 0 Å². The smallest absolute Gasteiger partial charge is 0.246 e. The maximum absolute atomic E-state index is 12.0. The number of carbonyl (C=O) groups excluding carboxylic acids is 1. The quantitative estimate of drug-likeness (QED) is 0.636.